The number of benzene rings is 2. The van der Waals surface area contributed by atoms with Crippen LogP contribution in [0.4, 0.5) is 14.9 Å². The van der Waals surface area contributed by atoms with Gasteiger partial charge in [-0.05, 0) is 76.1 Å². The Morgan fingerprint density at radius 2 is 1.77 bits per heavy atom. The van der Waals surface area contributed by atoms with Crippen molar-refractivity contribution in [1.82, 2.24) is 19.8 Å². The molecule has 1 saturated heterocycles. The smallest absolute Gasteiger partial charge is 0.410 e. The molecule has 3 heterocycles. The second kappa shape index (κ2) is 12.9. The molecular weight excluding hydrogens is 581 g/mol. The van der Waals surface area contributed by atoms with Crippen molar-refractivity contribution in [2.75, 3.05) is 37.6 Å². The lowest BCUT2D eigenvalue weighted by Crippen LogP contribution is -2.52. The van der Waals surface area contributed by atoms with Crippen molar-refractivity contribution < 1.29 is 18.7 Å². The lowest BCUT2D eigenvalue weighted by atomic mass is 9.95. The molecule has 0 spiro atoms. The van der Waals surface area contributed by atoms with Crippen LogP contribution < -0.4 is 4.90 Å². The summed E-state index contributed by atoms with van der Waals surface area (Å²) >= 11 is 6.18. The van der Waals surface area contributed by atoms with Crippen molar-refractivity contribution in [2.45, 2.75) is 52.2 Å². The Hall–Kier alpha value is -4.11. The van der Waals surface area contributed by atoms with E-state index in [1.807, 2.05) is 70.0 Å². The third kappa shape index (κ3) is 6.99. The maximum absolute atomic E-state index is 14.2. The van der Waals surface area contributed by atoms with Crippen molar-refractivity contribution in [2.24, 2.45) is 0 Å². The summed E-state index contributed by atoms with van der Waals surface area (Å²) in [6.45, 7) is 11.6. The molecule has 232 valence electrons. The van der Waals surface area contributed by atoms with Gasteiger partial charge in [-0.1, -0.05) is 35.9 Å². The summed E-state index contributed by atoms with van der Waals surface area (Å²) in [7, 11) is 0. The van der Waals surface area contributed by atoms with Crippen molar-refractivity contribution in [3.8, 4) is 11.1 Å². The zero-order valence-corrected chi connectivity index (χ0v) is 26.6. The number of fused-ring (bicyclic) bond motifs is 1. The lowest BCUT2D eigenvalue weighted by Gasteiger charge is -2.39. The fraction of sp³-hybridized carbons (Fsp3) is 0.382. The maximum atomic E-state index is 14.2. The van der Waals surface area contributed by atoms with E-state index in [1.165, 1.54) is 12.1 Å². The molecule has 1 aliphatic rings. The van der Waals surface area contributed by atoms with E-state index in [2.05, 4.69) is 14.9 Å². The van der Waals surface area contributed by atoms with Crippen molar-refractivity contribution >= 4 is 40.3 Å². The van der Waals surface area contributed by atoms with Gasteiger partial charge in [-0.25, -0.2) is 14.2 Å². The van der Waals surface area contributed by atoms with Crippen molar-refractivity contribution in [1.29, 1.82) is 0 Å². The zero-order chi connectivity index (χ0) is 31.6. The number of carbonyl (C=O) groups is 2. The predicted molar refractivity (Wildman–Crippen MR) is 173 cm³/mol. The Kier molecular flexibility index (Phi) is 9.15. The van der Waals surface area contributed by atoms with Crippen LogP contribution in [-0.4, -0.2) is 76.1 Å². The van der Waals surface area contributed by atoms with E-state index in [-0.39, 0.29) is 24.3 Å². The van der Waals surface area contributed by atoms with E-state index in [0.717, 1.165) is 33.4 Å². The van der Waals surface area contributed by atoms with Crippen LogP contribution in [0.15, 0.2) is 67.0 Å². The zero-order valence-electron chi connectivity index (χ0n) is 25.8. The molecule has 0 saturated carbocycles. The van der Waals surface area contributed by atoms with Gasteiger partial charge in [0.05, 0.1) is 11.6 Å². The highest BCUT2D eigenvalue weighted by atomic mass is 35.5. The molecule has 1 N–H and O–H groups in total. The molecule has 1 fully saturated rings. The van der Waals surface area contributed by atoms with Crippen LogP contribution in [0.1, 0.15) is 46.1 Å². The summed E-state index contributed by atoms with van der Waals surface area (Å²) < 4.78 is 19.9. The fourth-order valence-electron chi connectivity index (χ4n) is 5.61. The van der Waals surface area contributed by atoms with Crippen LogP contribution in [0.3, 0.4) is 0 Å². The number of amides is 2. The lowest BCUT2D eigenvalue weighted by molar-refractivity contribution is -0.133. The van der Waals surface area contributed by atoms with E-state index in [0.29, 0.717) is 31.2 Å². The second-order valence-electron chi connectivity index (χ2n) is 12.4. The van der Waals surface area contributed by atoms with Crippen molar-refractivity contribution in [3.05, 3.63) is 83.4 Å². The normalized spacial score (nSPS) is 14.6. The van der Waals surface area contributed by atoms with E-state index in [1.54, 1.807) is 29.3 Å². The highest BCUT2D eigenvalue weighted by Crippen LogP contribution is 2.37. The molecule has 1 aliphatic heterocycles. The third-order valence-corrected chi connectivity index (χ3v) is 8.05. The number of hydrogen-bond donors (Lipinski definition) is 1. The highest BCUT2D eigenvalue weighted by molar-refractivity contribution is 6.30. The molecule has 8 nitrogen and oxygen atoms in total. The van der Waals surface area contributed by atoms with Crippen LogP contribution in [0.5, 0.6) is 0 Å². The standard InChI is InChI=1S/C34H39ClFN5O3/c1-22(2)41(33(43)44-34(3,4)5)21-29(23-9-11-25(35)12-10-23)32(42)40-17-15-39(16-18-40)30-27-13-14-37-31(27)38-20-28(30)24-7-6-8-26(36)19-24/h6-14,19-20,22,29H,15-18,21H2,1-5H3,(H,37,38). The maximum Gasteiger partial charge on any atom is 0.410 e. The predicted octanol–water partition coefficient (Wildman–Crippen LogP) is 7.10. The number of halogens is 2. The molecule has 0 radical (unpaired) electrons. The first-order valence-corrected chi connectivity index (χ1v) is 15.3. The second-order valence-corrected chi connectivity index (χ2v) is 12.9. The number of ether oxygens (including phenoxy) is 1. The molecule has 2 aromatic heterocycles. The van der Waals surface area contributed by atoms with Crippen LogP contribution >= 0.6 is 11.6 Å². The third-order valence-electron chi connectivity index (χ3n) is 7.80. The van der Waals surface area contributed by atoms with Gasteiger partial charge < -0.3 is 24.4 Å². The molecule has 2 aromatic carbocycles. The number of aromatic nitrogens is 2. The van der Waals surface area contributed by atoms with Crippen LogP contribution in [0, 0.1) is 5.82 Å². The molecule has 2 amide bonds. The SMILES string of the molecule is CC(C)N(CC(C(=O)N1CCN(c2c(-c3cccc(F)c3)cnc3[nH]ccc23)CC1)c1ccc(Cl)cc1)C(=O)OC(C)(C)C. The Labute approximate surface area is 262 Å². The summed E-state index contributed by atoms with van der Waals surface area (Å²) in [5.74, 6) is -0.977. The highest BCUT2D eigenvalue weighted by Gasteiger charge is 2.34. The summed E-state index contributed by atoms with van der Waals surface area (Å²) in [4.78, 5) is 40.9. The molecular formula is C34H39ClFN5O3. The quantitative estimate of drug-likeness (QED) is 0.239. The fourth-order valence-corrected chi connectivity index (χ4v) is 5.73. The first-order valence-electron chi connectivity index (χ1n) is 14.9. The van der Waals surface area contributed by atoms with Gasteiger partial charge in [0.25, 0.3) is 0 Å². The average Bonchev–Trinajstić information content (AvgIpc) is 3.45. The molecule has 0 bridgehead atoms. The number of H-pyrrole nitrogens is 1. The number of rotatable bonds is 7. The molecule has 5 rings (SSSR count). The number of pyridine rings is 1. The number of carbonyl (C=O) groups excluding carboxylic acids is 2. The molecule has 1 atom stereocenters. The number of aromatic amines is 1. The number of anilines is 1. The summed E-state index contributed by atoms with van der Waals surface area (Å²) in [5.41, 5.74) is 3.40. The number of nitrogens with one attached hydrogen (secondary N) is 1. The first kappa shape index (κ1) is 31.3. The van der Waals surface area contributed by atoms with E-state index in [9.17, 15) is 14.0 Å². The largest absolute Gasteiger partial charge is 0.444 e. The molecule has 44 heavy (non-hydrogen) atoms. The van der Waals surface area contributed by atoms with Gasteiger partial charge in [0.1, 0.15) is 17.1 Å². The molecule has 0 aliphatic carbocycles. The van der Waals surface area contributed by atoms with Crippen LogP contribution in [0.25, 0.3) is 22.2 Å². The summed E-state index contributed by atoms with van der Waals surface area (Å²) in [6.07, 6.45) is 3.16. The van der Waals surface area contributed by atoms with Gasteiger partial charge in [-0.15, -0.1) is 0 Å². The minimum Gasteiger partial charge on any atom is -0.444 e. The van der Waals surface area contributed by atoms with Crippen molar-refractivity contribution in [3.63, 3.8) is 0 Å². The minimum absolute atomic E-state index is 0.0620. The van der Waals surface area contributed by atoms with E-state index in [4.69, 9.17) is 16.3 Å². The van der Waals surface area contributed by atoms with Crippen LogP contribution in [0.2, 0.25) is 5.02 Å². The first-order chi connectivity index (χ1) is 20.9. The van der Waals surface area contributed by atoms with Gasteiger partial charge in [-0.3, -0.25) is 4.79 Å². The Balaban J connectivity index is 1.40. The molecule has 4 aromatic rings. The summed E-state index contributed by atoms with van der Waals surface area (Å²) in [6, 6.07) is 15.5. The van der Waals surface area contributed by atoms with E-state index >= 15 is 0 Å². The summed E-state index contributed by atoms with van der Waals surface area (Å²) in [5, 5.41) is 1.51. The van der Waals surface area contributed by atoms with Gasteiger partial charge in [-0.2, -0.15) is 0 Å². The minimum atomic E-state index is -0.664. The number of nitrogens with zero attached hydrogens (tertiary/aromatic N) is 4. The number of piperazine rings is 1. The van der Waals surface area contributed by atoms with Gasteiger partial charge in [0.2, 0.25) is 5.91 Å². The Bertz CT molecular complexity index is 1620. The topological polar surface area (TPSA) is 81.8 Å². The Morgan fingerprint density at radius 3 is 2.41 bits per heavy atom. The molecule has 1 unspecified atom stereocenters. The van der Waals surface area contributed by atoms with Crippen LogP contribution in [-0.2, 0) is 9.53 Å². The monoisotopic (exact) mass is 619 g/mol. The average molecular weight is 620 g/mol. The van der Waals surface area contributed by atoms with Gasteiger partial charge in [0, 0.05) is 67.1 Å². The van der Waals surface area contributed by atoms with Gasteiger partial charge >= 0.3 is 6.09 Å². The Morgan fingerprint density at radius 1 is 1.07 bits per heavy atom. The van der Waals surface area contributed by atoms with Gasteiger partial charge in [0.15, 0.2) is 0 Å². The molecule has 10 heteroatoms. The van der Waals surface area contributed by atoms with E-state index < -0.39 is 17.6 Å². The number of hydrogen-bond acceptors (Lipinski definition) is 5.